The Balaban J connectivity index is 0.000000221. The van der Waals surface area contributed by atoms with Crippen LogP contribution in [-0.4, -0.2) is 48.2 Å². The first-order valence-corrected chi connectivity index (χ1v) is 10.4. The Hall–Kier alpha value is -2.13. The van der Waals surface area contributed by atoms with Crippen LogP contribution in [0.25, 0.3) is 0 Å². The lowest BCUT2D eigenvalue weighted by Gasteiger charge is -2.35. The Labute approximate surface area is 169 Å². The number of hydrogen-bond donors (Lipinski definition) is 3. The second-order valence-electron chi connectivity index (χ2n) is 6.63. The molecule has 7 nitrogen and oxygen atoms in total. The first-order valence-electron chi connectivity index (χ1n) is 8.61. The molecule has 1 amide bonds. The van der Waals surface area contributed by atoms with Gasteiger partial charge in [0.15, 0.2) is 0 Å². The SMILES string of the molecule is Cc1ccc(S(=O)(=O)O)cc1.NC1CCN(C(=O)O)CC1c1ccc(Cl)cc1. The fraction of sp³-hybridized carbons (Fsp3) is 0.316. The first-order chi connectivity index (χ1) is 13.1. The van der Waals surface area contributed by atoms with Gasteiger partial charge in [-0.1, -0.05) is 41.4 Å². The molecule has 0 saturated carbocycles. The molecule has 1 fully saturated rings. The number of hydrogen-bond acceptors (Lipinski definition) is 4. The predicted molar refractivity (Wildman–Crippen MR) is 107 cm³/mol. The van der Waals surface area contributed by atoms with Crippen LogP contribution in [0.3, 0.4) is 0 Å². The summed E-state index contributed by atoms with van der Waals surface area (Å²) in [6.07, 6.45) is -0.185. The number of carboxylic acid groups (broad SMARTS) is 1. The average Bonchev–Trinajstić information content (AvgIpc) is 2.63. The van der Waals surface area contributed by atoms with Crippen molar-refractivity contribution in [3.05, 3.63) is 64.7 Å². The molecule has 0 aliphatic carbocycles. The maximum Gasteiger partial charge on any atom is 0.407 e. The van der Waals surface area contributed by atoms with Crippen LogP contribution < -0.4 is 5.73 Å². The number of piperidine rings is 1. The summed E-state index contributed by atoms with van der Waals surface area (Å²) in [5.74, 6) is 0.0529. The number of halogens is 1. The molecule has 1 aliphatic heterocycles. The van der Waals surface area contributed by atoms with Crippen LogP contribution in [0.15, 0.2) is 53.4 Å². The van der Waals surface area contributed by atoms with Crippen molar-refractivity contribution in [2.75, 3.05) is 13.1 Å². The Bertz CT molecular complexity index is 901. The van der Waals surface area contributed by atoms with Crippen molar-refractivity contribution in [3.63, 3.8) is 0 Å². The monoisotopic (exact) mass is 426 g/mol. The molecule has 2 aromatic carbocycles. The second kappa shape index (κ2) is 9.38. The standard InChI is InChI=1S/C12H15ClN2O2.C7H8O3S/c13-9-3-1-8(2-4-9)10-7-15(12(16)17)6-5-11(10)14;1-6-2-4-7(5-3-6)11(8,9)10/h1-4,10-11H,5-7,14H2,(H,16,17);2-5H,1H3,(H,8,9,10). The lowest BCUT2D eigenvalue weighted by molar-refractivity contribution is 0.126. The highest BCUT2D eigenvalue weighted by atomic mass is 35.5. The lowest BCUT2D eigenvalue weighted by Crippen LogP contribution is -2.47. The minimum absolute atomic E-state index is 0.00627. The van der Waals surface area contributed by atoms with E-state index in [0.29, 0.717) is 24.5 Å². The summed E-state index contributed by atoms with van der Waals surface area (Å²) in [7, 11) is -4.02. The molecule has 1 heterocycles. The summed E-state index contributed by atoms with van der Waals surface area (Å²) in [6, 6.07) is 13.4. The van der Waals surface area contributed by atoms with E-state index in [1.165, 1.54) is 17.0 Å². The van der Waals surface area contributed by atoms with E-state index in [9.17, 15) is 13.2 Å². The summed E-state index contributed by atoms with van der Waals surface area (Å²) in [5.41, 5.74) is 8.06. The van der Waals surface area contributed by atoms with E-state index < -0.39 is 16.2 Å². The van der Waals surface area contributed by atoms with Gasteiger partial charge in [0, 0.05) is 30.1 Å². The molecular weight excluding hydrogens is 404 g/mol. The van der Waals surface area contributed by atoms with Crippen LogP contribution in [-0.2, 0) is 10.1 Å². The van der Waals surface area contributed by atoms with Crippen LogP contribution in [0.1, 0.15) is 23.5 Å². The van der Waals surface area contributed by atoms with E-state index in [2.05, 4.69) is 0 Å². The number of nitrogens with two attached hydrogens (primary N) is 1. The van der Waals surface area contributed by atoms with Crippen LogP contribution in [0.2, 0.25) is 5.02 Å². The van der Waals surface area contributed by atoms with E-state index in [0.717, 1.165) is 11.1 Å². The van der Waals surface area contributed by atoms with Gasteiger partial charge in [0.1, 0.15) is 0 Å². The molecule has 28 heavy (non-hydrogen) atoms. The van der Waals surface area contributed by atoms with Gasteiger partial charge in [-0.05, 0) is 43.2 Å². The van der Waals surface area contributed by atoms with Crippen LogP contribution >= 0.6 is 11.6 Å². The summed E-state index contributed by atoms with van der Waals surface area (Å²) >= 11 is 5.83. The van der Waals surface area contributed by atoms with Gasteiger partial charge >= 0.3 is 6.09 Å². The molecule has 2 unspecified atom stereocenters. The van der Waals surface area contributed by atoms with E-state index in [4.69, 9.17) is 27.0 Å². The van der Waals surface area contributed by atoms with Gasteiger partial charge in [-0.3, -0.25) is 4.55 Å². The van der Waals surface area contributed by atoms with E-state index in [1.54, 1.807) is 12.1 Å². The Morgan fingerprint density at radius 2 is 1.71 bits per heavy atom. The quantitative estimate of drug-likeness (QED) is 0.633. The second-order valence-corrected chi connectivity index (χ2v) is 8.49. The highest BCUT2D eigenvalue weighted by Crippen LogP contribution is 2.27. The van der Waals surface area contributed by atoms with Gasteiger partial charge < -0.3 is 15.7 Å². The number of nitrogens with zero attached hydrogens (tertiary/aromatic N) is 1. The van der Waals surface area contributed by atoms with Crippen molar-refractivity contribution in [2.45, 2.75) is 30.2 Å². The van der Waals surface area contributed by atoms with E-state index >= 15 is 0 Å². The number of carbonyl (C=O) groups is 1. The highest BCUT2D eigenvalue weighted by Gasteiger charge is 2.30. The molecule has 0 bridgehead atoms. The third-order valence-electron chi connectivity index (χ3n) is 4.55. The normalized spacial score (nSPS) is 19.5. The molecule has 2 aromatic rings. The van der Waals surface area contributed by atoms with Crippen molar-refractivity contribution in [1.82, 2.24) is 4.90 Å². The Morgan fingerprint density at radius 1 is 1.14 bits per heavy atom. The maximum absolute atomic E-state index is 11.0. The summed E-state index contributed by atoms with van der Waals surface area (Å²) < 4.78 is 29.6. The number of benzene rings is 2. The Morgan fingerprint density at radius 3 is 2.21 bits per heavy atom. The van der Waals surface area contributed by atoms with Gasteiger partial charge in [0.2, 0.25) is 0 Å². The zero-order valence-corrected chi connectivity index (χ0v) is 16.9. The molecule has 3 rings (SSSR count). The van der Waals surface area contributed by atoms with Crippen molar-refractivity contribution >= 4 is 27.8 Å². The fourth-order valence-corrected chi connectivity index (χ4v) is 3.52. The van der Waals surface area contributed by atoms with Crippen molar-refractivity contribution < 1.29 is 22.9 Å². The molecule has 9 heteroatoms. The third kappa shape index (κ3) is 6.20. The topological polar surface area (TPSA) is 121 Å². The third-order valence-corrected chi connectivity index (χ3v) is 5.67. The van der Waals surface area contributed by atoms with Gasteiger partial charge in [-0.15, -0.1) is 0 Å². The lowest BCUT2D eigenvalue weighted by atomic mass is 9.87. The predicted octanol–water partition coefficient (Wildman–Crippen LogP) is 3.38. The van der Waals surface area contributed by atoms with E-state index in [1.807, 2.05) is 31.2 Å². The van der Waals surface area contributed by atoms with Gasteiger partial charge in [-0.25, -0.2) is 4.79 Å². The molecule has 2 atom stereocenters. The van der Waals surface area contributed by atoms with Crippen LogP contribution in [0.5, 0.6) is 0 Å². The molecular formula is C19H23ClN2O5S. The summed E-state index contributed by atoms with van der Waals surface area (Å²) in [6.45, 7) is 2.81. The first kappa shape index (κ1) is 22.2. The molecule has 0 spiro atoms. The summed E-state index contributed by atoms with van der Waals surface area (Å²) in [5, 5.41) is 9.67. The number of aryl methyl sites for hydroxylation is 1. The van der Waals surface area contributed by atoms with Crippen LogP contribution in [0, 0.1) is 6.92 Å². The molecule has 1 aliphatic rings. The van der Waals surface area contributed by atoms with Gasteiger partial charge in [0.05, 0.1) is 4.90 Å². The maximum atomic E-state index is 11.0. The Kier molecular flexibility index (Phi) is 7.42. The van der Waals surface area contributed by atoms with Crippen molar-refractivity contribution in [2.24, 2.45) is 5.73 Å². The van der Waals surface area contributed by atoms with E-state index in [-0.39, 0.29) is 16.9 Å². The molecule has 4 N–H and O–H groups in total. The minimum atomic E-state index is -4.02. The number of rotatable bonds is 2. The number of amides is 1. The molecule has 1 saturated heterocycles. The van der Waals surface area contributed by atoms with Crippen molar-refractivity contribution in [1.29, 1.82) is 0 Å². The van der Waals surface area contributed by atoms with Gasteiger partial charge in [0.25, 0.3) is 10.1 Å². The zero-order chi connectivity index (χ0) is 20.9. The van der Waals surface area contributed by atoms with Crippen molar-refractivity contribution in [3.8, 4) is 0 Å². The van der Waals surface area contributed by atoms with Crippen LogP contribution in [0.4, 0.5) is 4.79 Å². The molecule has 0 radical (unpaired) electrons. The van der Waals surface area contributed by atoms with Gasteiger partial charge in [-0.2, -0.15) is 8.42 Å². The zero-order valence-electron chi connectivity index (χ0n) is 15.3. The smallest absolute Gasteiger partial charge is 0.407 e. The highest BCUT2D eigenvalue weighted by molar-refractivity contribution is 7.85. The summed E-state index contributed by atoms with van der Waals surface area (Å²) in [4.78, 5) is 12.3. The largest absolute Gasteiger partial charge is 0.465 e. The number of likely N-dealkylation sites (tertiary alicyclic amines) is 1. The molecule has 152 valence electrons. The fourth-order valence-electron chi connectivity index (χ4n) is 2.92. The molecule has 0 aromatic heterocycles. The average molecular weight is 427 g/mol. The minimum Gasteiger partial charge on any atom is -0.465 e.